The number of nitrogens with one attached hydrogen (secondary N) is 3. The number of carbonyl (C=O) groups is 1. The van der Waals surface area contributed by atoms with E-state index in [-0.39, 0.29) is 18.0 Å². The van der Waals surface area contributed by atoms with Crippen LogP contribution in [-0.2, 0) is 11.2 Å². The summed E-state index contributed by atoms with van der Waals surface area (Å²) in [6.45, 7) is 0.560. The molecule has 0 aliphatic carbocycles. The molecule has 2 unspecified atom stereocenters. The Morgan fingerprint density at radius 2 is 2.12 bits per heavy atom. The Labute approximate surface area is 153 Å². The first-order valence-electron chi connectivity index (χ1n) is 8.62. The molecule has 7 nitrogen and oxygen atoms in total. The number of ether oxygens (including phenoxy) is 2. The number of carbonyl (C=O) groups excluding carboxylic acids is 1. The van der Waals surface area contributed by atoms with E-state index in [9.17, 15) is 4.79 Å². The number of benzene rings is 1. The second kappa shape index (κ2) is 8.64. The summed E-state index contributed by atoms with van der Waals surface area (Å²) < 4.78 is 10.7. The van der Waals surface area contributed by atoms with E-state index in [0.717, 1.165) is 22.8 Å². The van der Waals surface area contributed by atoms with Gasteiger partial charge in [-0.3, -0.25) is 9.78 Å². The van der Waals surface area contributed by atoms with Crippen LogP contribution in [0.3, 0.4) is 0 Å². The summed E-state index contributed by atoms with van der Waals surface area (Å²) in [5, 5.41) is 2.96. The third kappa shape index (κ3) is 4.30. The van der Waals surface area contributed by atoms with Crippen molar-refractivity contribution in [2.24, 2.45) is 0 Å². The standard InChI is InChI=1S/C19H24N4O3/c1-25-14-6-7-15(18(11-14)26-2)16-12-17(23-22-16)19(24)21-10-8-13-5-3-4-9-20-13/h3-7,9,11,16-17,22-23H,8,10,12H2,1-2H3,(H,21,24). The van der Waals surface area contributed by atoms with Crippen molar-refractivity contribution in [3.8, 4) is 11.5 Å². The number of nitrogens with zero attached hydrogens (tertiary/aromatic N) is 1. The van der Waals surface area contributed by atoms with Gasteiger partial charge in [-0.25, -0.2) is 10.9 Å². The maximum Gasteiger partial charge on any atom is 0.238 e. The normalized spacial score (nSPS) is 19.2. The Morgan fingerprint density at radius 1 is 1.23 bits per heavy atom. The molecular weight excluding hydrogens is 332 g/mol. The van der Waals surface area contributed by atoms with Gasteiger partial charge in [-0.1, -0.05) is 12.1 Å². The minimum absolute atomic E-state index is 0.0117. The quantitative estimate of drug-likeness (QED) is 0.695. The summed E-state index contributed by atoms with van der Waals surface area (Å²) in [6, 6.07) is 11.2. The number of amides is 1. The lowest BCUT2D eigenvalue weighted by molar-refractivity contribution is -0.122. The van der Waals surface area contributed by atoms with Gasteiger partial charge in [-0.2, -0.15) is 0 Å². The number of pyridine rings is 1. The molecule has 0 radical (unpaired) electrons. The second-order valence-electron chi connectivity index (χ2n) is 6.10. The van der Waals surface area contributed by atoms with Crippen LogP contribution in [0.1, 0.15) is 23.7 Å². The van der Waals surface area contributed by atoms with Crippen molar-refractivity contribution in [1.82, 2.24) is 21.2 Å². The highest BCUT2D eigenvalue weighted by Gasteiger charge is 2.31. The predicted molar refractivity (Wildman–Crippen MR) is 97.9 cm³/mol. The minimum Gasteiger partial charge on any atom is -0.497 e. The molecule has 1 aliphatic heterocycles. The molecule has 2 aromatic rings. The van der Waals surface area contributed by atoms with Gasteiger partial charge in [0.1, 0.15) is 17.5 Å². The van der Waals surface area contributed by atoms with Gasteiger partial charge in [-0.15, -0.1) is 0 Å². The largest absolute Gasteiger partial charge is 0.497 e. The molecular formula is C19H24N4O3. The fourth-order valence-electron chi connectivity index (χ4n) is 3.02. The minimum atomic E-state index is -0.296. The lowest BCUT2D eigenvalue weighted by atomic mass is 10.0. The maximum atomic E-state index is 12.4. The van der Waals surface area contributed by atoms with E-state index in [2.05, 4.69) is 21.2 Å². The van der Waals surface area contributed by atoms with E-state index in [1.165, 1.54) is 0 Å². The summed E-state index contributed by atoms with van der Waals surface area (Å²) in [7, 11) is 3.25. The zero-order chi connectivity index (χ0) is 18.4. The van der Waals surface area contributed by atoms with Crippen molar-refractivity contribution < 1.29 is 14.3 Å². The summed E-state index contributed by atoms with van der Waals surface area (Å²) in [5.41, 5.74) is 8.20. The number of hydrogen-bond donors (Lipinski definition) is 3. The molecule has 0 bridgehead atoms. The Morgan fingerprint density at radius 3 is 2.85 bits per heavy atom. The maximum absolute atomic E-state index is 12.4. The van der Waals surface area contributed by atoms with Gasteiger partial charge in [0.05, 0.1) is 20.3 Å². The summed E-state index contributed by atoms with van der Waals surface area (Å²) in [6.07, 6.45) is 3.10. The van der Waals surface area contributed by atoms with Gasteiger partial charge in [0.25, 0.3) is 0 Å². The van der Waals surface area contributed by atoms with Crippen LogP contribution in [-0.4, -0.2) is 37.7 Å². The molecule has 0 spiro atoms. The highest BCUT2D eigenvalue weighted by molar-refractivity contribution is 5.82. The van der Waals surface area contributed by atoms with Crippen molar-refractivity contribution in [3.05, 3.63) is 53.9 Å². The fraction of sp³-hybridized carbons (Fsp3) is 0.368. The Bertz CT molecular complexity index is 739. The monoisotopic (exact) mass is 356 g/mol. The van der Waals surface area contributed by atoms with Crippen LogP contribution in [0.25, 0.3) is 0 Å². The van der Waals surface area contributed by atoms with Crippen LogP contribution in [0.15, 0.2) is 42.6 Å². The average Bonchev–Trinajstić information content (AvgIpc) is 3.18. The molecule has 1 amide bonds. The number of aromatic nitrogens is 1. The van der Waals surface area contributed by atoms with Crippen LogP contribution in [0, 0.1) is 0 Å². The molecule has 0 saturated carbocycles. The SMILES string of the molecule is COc1ccc(C2CC(C(=O)NCCc3ccccn3)NN2)c(OC)c1. The van der Waals surface area contributed by atoms with E-state index >= 15 is 0 Å². The van der Waals surface area contributed by atoms with Crippen molar-refractivity contribution in [1.29, 1.82) is 0 Å². The van der Waals surface area contributed by atoms with E-state index in [0.29, 0.717) is 19.4 Å². The molecule has 1 saturated heterocycles. The van der Waals surface area contributed by atoms with Gasteiger partial charge in [0.15, 0.2) is 0 Å². The van der Waals surface area contributed by atoms with E-state index in [4.69, 9.17) is 9.47 Å². The predicted octanol–water partition coefficient (Wildman–Crippen LogP) is 1.37. The third-order valence-corrected chi connectivity index (χ3v) is 4.44. The second-order valence-corrected chi connectivity index (χ2v) is 6.10. The Hall–Kier alpha value is -2.64. The van der Waals surface area contributed by atoms with E-state index < -0.39 is 0 Å². The molecule has 1 aliphatic rings. The lowest BCUT2D eigenvalue weighted by Gasteiger charge is -2.15. The van der Waals surface area contributed by atoms with Crippen LogP contribution in [0.4, 0.5) is 0 Å². The molecule has 1 aromatic heterocycles. The summed E-state index contributed by atoms with van der Waals surface area (Å²) >= 11 is 0. The van der Waals surface area contributed by atoms with Crippen molar-refractivity contribution in [2.75, 3.05) is 20.8 Å². The molecule has 3 N–H and O–H groups in total. The topological polar surface area (TPSA) is 84.5 Å². The van der Waals surface area contributed by atoms with Crippen LogP contribution >= 0.6 is 0 Å². The average molecular weight is 356 g/mol. The molecule has 138 valence electrons. The van der Waals surface area contributed by atoms with E-state index in [1.807, 2.05) is 36.4 Å². The Kier molecular flexibility index (Phi) is 6.04. The lowest BCUT2D eigenvalue weighted by Crippen LogP contribution is -2.43. The first kappa shape index (κ1) is 18.2. The highest BCUT2D eigenvalue weighted by Crippen LogP contribution is 2.33. The molecule has 2 heterocycles. The molecule has 3 rings (SSSR count). The zero-order valence-electron chi connectivity index (χ0n) is 15.0. The summed E-state index contributed by atoms with van der Waals surface area (Å²) in [4.78, 5) is 16.6. The molecule has 2 atom stereocenters. The molecule has 7 heteroatoms. The smallest absolute Gasteiger partial charge is 0.238 e. The van der Waals surface area contributed by atoms with Crippen LogP contribution in [0.2, 0.25) is 0 Å². The number of hydrogen-bond acceptors (Lipinski definition) is 6. The van der Waals surface area contributed by atoms with Crippen molar-refractivity contribution >= 4 is 5.91 Å². The number of methoxy groups -OCH3 is 2. The molecule has 26 heavy (non-hydrogen) atoms. The first-order chi connectivity index (χ1) is 12.7. The van der Waals surface area contributed by atoms with Gasteiger partial charge in [0.2, 0.25) is 5.91 Å². The molecule has 1 aromatic carbocycles. The number of rotatable bonds is 7. The third-order valence-electron chi connectivity index (χ3n) is 4.44. The van der Waals surface area contributed by atoms with Gasteiger partial charge >= 0.3 is 0 Å². The van der Waals surface area contributed by atoms with E-state index in [1.54, 1.807) is 20.4 Å². The Balaban J connectivity index is 1.54. The van der Waals surface area contributed by atoms with Crippen LogP contribution < -0.4 is 25.6 Å². The van der Waals surface area contributed by atoms with Crippen molar-refractivity contribution in [2.45, 2.75) is 24.9 Å². The summed E-state index contributed by atoms with van der Waals surface area (Å²) in [5.74, 6) is 1.45. The van der Waals surface area contributed by atoms with Gasteiger partial charge in [0, 0.05) is 36.5 Å². The zero-order valence-corrected chi connectivity index (χ0v) is 15.0. The van der Waals surface area contributed by atoms with Gasteiger partial charge < -0.3 is 14.8 Å². The number of hydrazine groups is 1. The fourth-order valence-corrected chi connectivity index (χ4v) is 3.02. The van der Waals surface area contributed by atoms with Gasteiger partial charge in [-0.05, 0) is 24.6 Å². The van der Waals surface area contributed by atoms with Crippen molar-refractivity contribution in [3.63, 3.8) is 0 Å². The van der Waals surface area contributed by atoms with Crippen LogP contribution in [0.5, 0.6) is 11.5 Å². The molecule has 1 fully saturated rings. The first-order valence-corrected chi connectivity index (χ1v) is 8.62. The highest BCUT2D eigenvalue weighted by atomic mass is 16.5.